The van der Waals surface area contributed by atoms with Crippen LogP contribution < -0.4 is 76.5 Å². The molecule has 88 heavy (non-hydrogen) atoms. The van der Waals surface area contributed by atoms with Gasteiger partial charge in [-0.15, -0.1) is 0 Å². The fraction of sp³-hybridized carbons (Fsp3) is 0.736. The highest BCUT2D eigenvalue weighted by atomic mass is 16.4. The highest BCUT2D eigenvalue weighted by molar-refractivity contribution is 5.99. The first-order chi connectivity index (χ1) is 40.9. The molecule has 0 aromatic rings. The Kier molecular flexibility index (Phi) is 33.9. The van der Waals surface area contributed by atoms with Crippen LogP contribution in [0.1, 0.15) is 120 Å². The lowest BCUT2D eigenvalue weighted by atomic mass is 9.98. The van der Waals surface area contributed by atoms with Gasteiger partial charge in [-0.2, -0.15) is 0 Å². The van der Waals surface area contributed by atoms with Gasteiger partial charge in [0, 0.05) is 26.1 Å². The number of aliphatic hydroxyl groups excluding tert-OH is 4. The number of hydrogen-bond donors (Lipinski definition) is 20. The van der Waals surface area contributed by atoms with Crippen LogP contribution in [-0.2, 0) is 57.5 Å². The van der Waals surface area contributed by atoms with Gasteiger partial charge in [0.05, 0.1) is 24.9 Å². The van der Waals surface area contributed by atoms with Crippen molar-refractivity contribution >= 4 is 82.9 Å². The van der Waals surface area contributed by atoms with Crippen LogP contribution in [0.4, 0.5) is 0 Å². The number of rotatable bonds is 39. The smallest absolute Gasteiger partial charge is 0.326 e. The van der Waals surface area contributed by atoms with Crippen molar-refractivity contribution in [1.29, 1.82) is 0 Å². The Bertz CT molecular complexity index is 2450. The summed E-state index contributed by atoms with van der Waals surface area (Å²) in [4.78, 5) is 170. The molecule has 25 N–H and O–H groups in total. The predicted molar refractivity (Wildman–Crippen MR) is 316 cm³/mol. The second-order valence-electron chi connectivity index (χ2n) is 22.7. The number of nitrogens with one attached hydrogen (secondary N) is 9. The van der Waals surface area contributed by atoms with E-state index in [0.717, 1.165) is 18.7 Å². The Balaban J connectivity index is 3.42. The van der Waals surface area contributed by atoms with Crippen molar-refractivity contribution in [2.24, 2.45) is 56.4 Å². The third kappa shape index (κ3) is 26.9. The first kappa shape index (κ1) is 78.0. The number of aliphatic hydroxyl groups is 4. The number of carbonyl (C=O) groups excluding carboxylic acids is 10. The van der Waals surface area contributed by atoms with Crippen LogP contribution >= 0.6 is 0 Å². The van der Waals surface area contributed by atoms with Crippen LogP contribution in [0.5, 0.6) is 0 Å². The topological polar surface area (TPSA) is 593 Å². The Morgan fingerprint density at radius 3 is 1.30 bits per heavy atom. The number of aliphatic carboxylic acids is 2. The number of aliphatic imine (C=N–C) groups is 2. The molecule has 0 saturated carbocycles. The van der Waals surface area contributed by atoms with Gasteiger partial charge in [-0.3, -0.25) is 62.7 Å². The van der Waals surface area contributed by atoms with Crippen molar-refractivity contribution in [2.45, 2.75) is 205 Å². The number of carbonyl (C=O) groups is 12. The summed E-state index contributed by atoms with van der Waals surface area (Å²) in [5, 5.41) is 82.3. The summed E-state index contributed by atoms with van der Waals surface area (Å²) in [5.41, 5.74) is 27.1. The van der Waals surface area contributed by atoms with Crippen LogP contribution in [0.25, 0.3) is 0 Å². The van der Waals surface area contributed by atoms with Crippen LogP contribution in [-0.4, -0.2) is 229 Å². The molecular weight excluding hydrogens is 1160 g/mol. The largest absolute Gasteiger partial charge is 0.481 e. The van der Waals surface area contributed by atoms with Crippen molar-refractivity contribution in [3.63, 3.8) is 0 Å². The molecular formula is C53H95N17O18. The highest BCUT2D eigenvalue weighted by Crippen LogP contribution is 2.22. The predicted octanol–water partition coefficient (Wildman–Crippen LogP) is -7.78. The van der Waals surface area contributed by atoms with Crippen LogP contribution in [0, 0.1) is 17.8 Å². The van der Waals surface area contributed by atoms with Crippen LogP contribution in [0.15, 0.2) is 9.98 Å². The lowest BCUT2D eigenvalue weighted by Gasteiger charge is -2.32. The minimum atomic E-state index is -1.97. The monoisotopic (exact) mass is 1260 g/mol. The van der Waals surface area contributed by atoms with Crippen molar-refractivity contribution in [1.82, 2.24) is 52.8 Å². The second-order valence-corrected chi connectivity index (χ2v) is 22.7. The Hall–Kier alpha value is -8.02. The molecule has 35 nitrogen and oxygen atoms in total. The summed E-state index contributed by atoms with van der Waals surface area (Å²) < 4.78 is 0. The summed E-state index contributed by atoms with van der Waals surface area (Å²) >= 11 is 0. The lowest BCUT2D eigenvalue weighted by Crippen LogP contribution is -2.64. The minimum Gasteiger partial charge on any atom is -0.481 e. The molecule has 0 aliphatic carbocycles. The average Bonchev–Trinajstić information content (AvgIpc) is 4.15. The van der Waals surface area contributed by atoms with Gasteiger partial charge in [-0.25, -0.2) is 4.79 Å². The average molecular weight is 1260 g/mol. The summed E-state index contributed by atoms with van der Waals surface area (Å²) in [6.45, 7) is 12.2. The molecule has 1 rings (SSSR count). The Morgan fingerprint density at radius 2 is 0.875 bits per heavy atom. The van der Waals surface area contributed by atoms with Crippen LogP contribution in [0.3, 0.4) is 0 Å². The van der Waals surface area contributed by atoms with E-state index in [2.05, 4.69) is 57.8 Å². The third-order valence-corrected chi connectivity index (χ3v) is 13.8. The fourth-order valence-electron chi connectivity index (χ4n) is 8.94. The normalized spacial score (nSPS) is 17.5. The maximum absolute atomic E-state index is 14.2. The minimum absolute atomic E-state index is 0.00609. The zero-order valence-corrected chi connectivity index (χ0v) is 51.3. The first-order valence-corrected chi connectivity index (χ1v) is 29.0. The molecule has 0 radical (unpaired) electrons. The first-order valence-electron chi connectivity index (χ1n) is 29.0. The van der Waals surface area contributed by atoms with E-state index in [-0.39, 0.29) is 82.4 Å². The number of amides is 10. The standard InChI is InChI=1S/C53H95N17O18/c1-23(2)21-33(64-47(83)38(26(7)72)67-41(77)29(54)22-71)50(86)70-20-12-15-34(70)44(80)61-31(16-17-35(75)76)43(79)68-39(27(8)73)49(85)69-40(28(9)74)48(84)66-37(25(5)6)46(82)65-36(24(3)4)45(81)62-30(13-10-18-59-52(55)56)42(78)63-32(51(87)88)14-11-19-60-53(57)58/h23-34,36-40,71-74H,10-22,54H2,1-9H3,(H,61,80)(H,62,81)(H,63,78)(H,64,83)(H,65,82)(H,66,84)(H,67,77)(H,68,79)(H,69,85)(H,75,76)(H,87,88)(H4,55,56,59)(H4,57,58,60)/t26-,27-,28-,29+,30+,31+,32+,33+,34+,36+,37+,38+,39+,40+/m1/s1. The maximum atomic E-state index is 14.2. The number of guanidine groups is 2. The van der Waals surface area contributed by atoms with E-state index in [0.29, 0.717) is 0 Å². The van der Waals surface area contributed by atoms with Gasteiger partial charge in [-0.1, -0.05) is 41.5 Å². The molecule has 35 heteroatoms. The molecule has 500 valence electrons. The van der Waals surface area contributed by atoms with Gasteiger partial charge in [0.15, 0.2) is 11.9 Å². The van der Waals surface area contributed by atoms with E-state index in [4.69, 9.17) is 28.7 Å². The van der Waals surface area contributed by atoms with Gasteiger partial charge in [0.25, 0.3) is 0 Å². The number of nitrogens with two attached hydrogens (primary N) is 5. The van der Waals surface area contributed by atoms with Crippen molar-refractivity contribution in [2.75, 3.05) is 26.2 Å². The van der Waals surface area contributed by atoms with Gasteiger partial charge in [0.1, 0.15) is 66.5 Å². The van der Waals surface area contributed by atoms with E-state index >= 15 is 0 Å². The molecule has 0 spiro atoms. The molecule has 0 unspecified atom stereocenters. The van der Waals surface area contributed by atoms with E-state index in [1.54, 1.807) is 27.7 Å². The number of hydrogen-bond acceptors (Lipinski definition) is 19. The lowest BCUT2D eigenvalue weighted by molar-refractivity contribution is -0.143. The third-order valence-electron chi connectivity index (χ3n) is 13.8. The van der Waals surface area contributed by atoms with E-state index in [1.807, 2.05) is 0 Å². The van der Waals surface area contributed by atoms with E-state index in [9.17, 15) is 88.2 Å². The molecule has 1 saturated heterocycles. The summed E-state index contributed by atoms with van der Waals surface area (Å²) in [6, 6.07) is -17.0. The van der Waals surface area contributed by atoms with Crippen LogP contribution in [0.2, 0.25) is 0 Å². The highest BCUT2D eigenvalue weighted by Gasteiger charge is 2.42. The zero-order valence-electron chi connectivity index (χ0n) is 51.3. The number of carboxylic acid groups (broad SMARTS) is 2. The van der Waals surface area contributed by atoms with Gasteiger partial charge < -0.3 is 112 Å². The molecule has 0 aromatic carbocycles. The maximum Gasteiger partial charge on any atom is 0.326 e. The molecule has 14 atom stereocenters. The number of nitrogens with zero attached hydrogens (tertiary/aromatic N) is 3. The molecule has 1 heterocycles. The zero-order chi connectivity index (χ0) is 67.4. The molecule has 0 bridgehead atoms. The molecule has 0 aromatic heterocycles. The number of carboxylic acids is 2. The number of likely N-dealkylation sites (tertiary alicyclic amines) is 1. The molecule has 10 amide bonds. The van der Waals surface area contributed by atoms with Gasteiger partial charge in [-0.05, 0) is 89.9 Å². The van der Waals surface area contributed by atoms with Crippen molar-refractivity contribution < 1.29 is 88.2 Å². The fourth-order valence-corrected chi connectivity index (χ4v) is 8.94. The van der Waals surface area contributed by atoms with Crippen molar-refractivity contribution in [3.05, 3.63) is 0 Å². The molecule has 1 fully saturated rings. The Labute approximate surface area is 510 Å². The van der Waals surface area contributed by atoms with E-state index in [1.165, 1.54) is 20.8 Å². The van der Waals surface area contributed by atoms with E-state index < -0.39 is 187 Å². The van der Waals surface area contributed by atoms with Gasteiger partial charge >= 0.3 is 11.9 Å². The van der Waals surface area contributed by atoms with Gasteiger partial charge in [0.2, 0.25) is 59.1 Å². The SMILES string of the molecule is CC(C)C[C@H](NC(=O)[C@@H](NC(=O)[C@@H](N)CO)[C@@H](C)O)C(=O)N1CCC[C@H]1C(=O)N[C@@H](CCC(=O)O)C(=O)N[C@H](C(=O)N[C@H](C(=O)N[C@H](C(=O)N[C@H](C(=O)N[C@@H](CCCN=C(N)N)C(=O)N[C@@H](CCCN=C(N)N)C(=O)O)C(C)C)C(C)C)[C@@H](C)O)[C@@H](C)O. The summed E-state index contributed by atoms with van der Waals surface area (Å²) in [5.74, 6) is -15.0. The molecule has 1 aliphatic rings. The second kappa shape index (κ2) is 38.3. The molecule has 1 aliphatic heterocycles. The quantitative estimate of drug-likeness (QED) is 0.0154. The summed E-state index contributed by atoms with van der Waals surface area (Å²) in [7, 11) is 0. The summed E-state index contributed by atoms with van der Waals surface area (Å²) in [6.07, 6.45) is -5.97. The Morgan fingerprint density at radius 1 is 0.500 bits per heavy atom. The van der Waals surface area contributed by atoms with Crippen molar-refractivity contribution in [3.8, 4) is 0 Å².